The van der Waals surface area contributed by atoms with E-state index in [1.165, 1.54) is 24.4 Å². The van der Waals surface area contributed by atoms with E-state index < -0.39 is 0 Å². The van der Waals surface area contributed by atoms with Gasteiger partial charge in [-0.15, -0.1) is 10.2 Å². The second-order valence-corrected chi connectivity index (χ2v) is 3.02. The molecular formula is C10H10N4O2. The maximum Gasteiger partial charge on any atom is 0.160 e. The summed E-state index contributed by atoms with van der Waals surface area (Å²) in [5.41, 5.74) is 0.756. The number of benzene rings is 1. The van der Waals surface area contributed by atoms with Gasteiger partial charge in [-0.25, -0.2) is 4.68 Å². The molecule has 0 aliphatic heterocycles. The number of aromatic nitrogens is 3. The number of ether oxygens (including phenoxy) is 1. The van der Waals surface area contributed by atoms with Crippen molar-refractivity contribution in [2.75, 3.05) is 7.11 Å². The summed E-state index contributed by atoms with van der Waals surface area (Å²) in [7, 11) is 1.50. The minimum Gasteiger partial charge on any atom is -0.504 e. The van der Waals surface area contributed by atoms with Crippen LogP contribution in [0.1, 0.15) is 5.56 Å². The van der Waals surface area contributed by atoms with Crippen LogP contribution in [0.15, 0.2) is 36.0 Å². The predicted molar refractivity (Wildman–Crippen MR) is 57.7 cm³/mol. The molecule has 0 radical (unpaired) electrons. The quantitative estimate of drug-likeness (QED) is 0.776. The van der Waals surface area contributed by atoms with Crippen molar-refractivity contribution < 1.29 is 9.84 Å². The van der Waals surface area contributed by atoms with E-state index in [4.69, 9.17) is 4.74 Å². The Morgan fingerprint density at radius 1 is 1.38 bits per heavy atom. The number of hydrogen-bond acceptors (Lipinski definition) is 5. The molecule has 2 aromatic rings. The van der Waals surface area contributed by atoms with Crippen LogP contribution in [0.25, 0.3) is 0 Å². The van der Waals surface area contributed by atoms with Gasteiger partial charge in [0, 0.05) is 0 Å². The summed E-state index contributed by atoms with van der Waals surface area (Å²) in [5.74, 6) is 0.511. The van der Waals surface area contributed by atoms with Crippen LogP contribution < -0.4 is 4.74 Å². The Labute approximate surface area is 91.8 Å². The normalized spacial score (nSPS) is 10.8. The predicted octanol–water partition coefficient (Wildman–Crippen LogP) is 0.874. The molecule has 6 heteroatoms. The van der Waals surface area contributed by atoms with Gasteiger partial charge in [0.2, 0.25) is 0 Å². The van der Waals surface area contributed by atoms with Gasteiger partial charge in [0.25, 0.3) is 0 Å². The third-order valence-corrected chi connectivity index (χ3v) is 1.95. The first-order valence-electron chi connectivity index (χ1n) is 4.55. The van der Waals surface area contributed by atoms with Crippen molar-refractivity contribution in [3.63, 3.8) is 0 Å². The van der Waals surface area contributed by atoms with Crippen molar-refractivity contribution in [3.05, 3.63) is 36.4 Å². The van der Waals surface area contributed by atoms with Crippen molar-refractivity contribution in [3.8, 4) is 11.5 Å². The largest absolute Gasteiger partial charge is 0.504 e. The number of aromatic hydroxyl groups is 1. The lowest BCUT2D eigenvalue weighted by Gasteiger charge is -2.02. The molecular weight excluding hydrogens is 208 g/mol. The van der Waals surface area contributed by atoms with E-state index in [9.17, 15) is 5.11 Å². The van der Waals surface area contributed by atoms with Gasteiger partial charge in [-0.2, -0.15) is 5.10 Å². The molecule has 2 rings (SSSR count). The molecule has 0 fully saturated rings. The van der Waals surface area contributed by atoms with Gasteiger partial charge in [0.1, 0.15) is 12.7 Å². The van der Waals surface area contributed by atoms with Crippen LogP contribution in [0.3, 0.4) is 0 Å². The molecule has 1 heterocycles. The first kappa shape index (κ1) is 10.2. The second kappa shape index (κ2) is 4.43. The van der Waals surface area contributed by atoms with Crippen LogP contribution >= 0.6 is 0 Å². The molecule has 0 aliphatic carbocycles. The fraction of sp³-hybridized carbons (Fsp3) is 0.100. The summed E-state index contributed by atoms with van der Waals surface area (Å²) in [6.45, 7) is 0. The van der Waals surface area contributed by atoms with Crippen molar-refractivity contribution in [2.45, 2.75) is 0 Å². The maximum absolute atomic E-state index is 9.53. The minimum absolute atomic E-state index is 0.0789. The molecule has 16 heavy (non-hydrogen) atoms. The van der Waals surface area contributed by atoms with Crippen molar-refractivity contribution >= 4 is 6.21 Å². The molecule has 1 aromatic carbocycles. The highest BCUT2D eigenvalue weighted by molar-refractivity contribution is 5.80. The molecule has 1 N–H and O–H groups in total. The van der Waals surface area contributed by atoms with E-state index in [0.29, 0.717) is 5.75 Å². The van der Waals surface area contributed by atoms with Crippen molar-refractivity contribution in [1.82, 2.24) is 14.9 Å². The number of hydrogen-bond donors (Lipinski definition) is 1. The van der Waals surface area contributed by atoms with Crippen LogP contribution in [-0.2, 0) is 0 Å². The highest BCUT2D eigenvalue weighted by Gasteiger charge is 2.00. The van der Waals surface area contributed by atoms with Crippen LogP contribution in [0.5, 0.6) is 11.5 Å². The smallest absolute Gasteiger partial charge is 0.160 e. The van der Waals surface area contributed by atoms with Crippen LogP contribution in [0.2, 0.25) is 0 Å². The lowest BCUT2D eigenvalue weighted by molar-refractivity contribution is 0.373. The molecule has 0 amide bonds. The Morgan fingerprint density at radius 3 is 2.75 bits per heavy atom. The maximum atomic E-state index is 9.53. The molecule has 0 spiro atoms. The average Bonchev–Trinajstić information content (AvgIpc) is 2.79. The zero-order chi connectivity index (χ0) is 11.4. The molecule has 0 bridgehead atoms. The van der Waals surface area contributed by atoms with Gasteiger partial charge < -0.3 is 9.84 Å². The summed E-state index contributed by atoms with van der Waals surface area (Å²) in [5, 5.41) is 20.8. The van der Waals surface area contributed by atoms with Crippen molar-refractivity contribution in [1.29, 1.82) is 0 Å². The number of nitrogens with zero attached hydrogens (tertiary/aromatic N) is 4. The molecule has 0 saturated heterocycles. The fourth-order valence-electron chi connectivity index (χ4n) is 1.18. The van der Waals surface area contributed by atoms with E-state index in [-0.39, 0.29) is 5.75 Å². The standard InChI is InChI=1S/C10H10N4O2/c1-16-10-3-2-8(4-9(10)15)5-13-14-6-11-12-7-14/h2-7,15H,1H3. The lowest BCUT2D eigenvalue weighted by atomic mass is 10.2. The third-order valence-electron chi connectivity index (χ3n) is 1.95. The molecule has 0 unspecified atom stereocenters. The topological polar surface area (TPSA) is 72.5 Å². The van der Waals surface area contributed by atoms with Crippen LogP contribution in [0.4, 0.5) is 0 Å². The third kappa shape index (κ3) is 2.17. The molecule has 6 nitrogen and oxygen atoms in total. The Morgan fingerprint density at radius 2 is 2.12 bits per heavy atom. The van der Waals surface area contributed by atoms with Crippen molar-refractivity contribution in [2.24, 2.45) is 5.10 Å². The summed E-state index contributed by atoms with van der Waals surface area (Å²) < 4.78 is 6.39. The molecule has 1 aromatic heterocycles. The average molecular weight is 218 g/mol. The second-order valence-electron chi connectivity index (χ2n) is 3.02. The Hall–Kier alpha value is -2.37. The summed E-state index contributed by atoms with van der Waals surface area (Å²) in [6, 6.07) is 5.02. The molecule has 0 saturated carbocycles. The summed E-state index contributed by atoms with van der Waals surface area (Å²) in [4.78, 5) is 0. The zero-order valence-electron chi connectivity index (χ0n) is 8.61. The highest BCUT2D eigenvalue weighted by atomic mass is 16.5. The number of phenols is 1. The fourth-order valence-corrected chi connectivity index (χ4v) is 1.18. The zero-order valence-corrected chi connectivity index (χ0v) is 8.61. The Balaban J connectivity index is 2.19. The summed E-state index contributed by atoms with van der Waals surface area (Å²) in [6.07, 6.45) is 4.53. The lowest BCUT2D eigenvalue weighted by Crippen LogP contribution is -1.89. The first-order valence-corrected chi connectivity index (χ1v) is 4.55. The van der Waals surface area contributed by atoms with Gasteiger partial charge in [-0.3, -0.25) is 0 Å². The number of rotatable bonds is 3. The first-order chi connectivity index (χ1) is 7.79. The van der Waals surface area contributed by atoms with Gasteiger partial charge in [-0.05, 0) is 23.8 Å². The minimum atomic E-state index is 0.0789. The Kier molecular flexibility index (Phi) is 2.81. The van der Waals surface area contributed by atoms with Gasteiger partial charge in [0.05, 0.1) is 13.3 Å². The number of methoxy groups -OCH3 is 1. The summed E-state index contributed by atoms with van der Waals surface area (Å²) >= 11 is 0. The van der Waals surface area contributed by atoms with Gasteiger partial charge >= 0.3 is 0 Å². The van der Waals surface area contributed by atoms with Crippen LogP contribution in [0, 0.1) is 0 Å². The van der Waals surface area contributed by atoms with E-state index in [0.717, 1.165) is 5.56 Å². The Bertz CT molecular complexity index is 494. The highest BCUT2D eigenvalue weighted by Crippen LogP contribution is 2.25. The van der Waals surface area contributed by atoms with E-state index in [1.807, 2.05) is 0 Å². The molecule has 0 aliphatic rings. The van der Waals surface area contributed by atoms with E-state index in [1.54, 1.807) is 24.4 Å². The SMILES string of the molecule is COc1ccc(C=Nn2cnnc2)cc1O. The molecule has 82 valence electrons. The molecule has 0 atom stereocenters. The van der Waals surface area contributed by atoms with E-state index >= 15 is 0 Å². The van der Waals surface area contributed by atoms with Crippen LogP contribution in [-0.4, -0.2) is 33.3 Å². The van der Waals surface area contributed by atoms with Gasteiger partial charge in [-0.1, -0.05) is 0 Å². The number of phenolic OH excluding ortho intramolecular Hbond substituents is 1. The monoisotopic (exact) mass is 218 g/mol. The van der Waals surface area contributed by atoms with E-state index in [2.05, 4.69) is 15.3 Å². The van der Waals surface area contributed by atoms with Gasteiger partial charge in [0.15, 0.2) is 11.5 Å².